The summed E-state index contributed by atoms with van der Waals surface area (Å²) in [6, 6.07) is 8.05. The summed E-state index contributed by atoms with van der Waals surface area (Å²) in [6.45, 7) is 0.382. The van der Waals surface area contributed by atoms with Crippen LogP contribution in [0, 0.1) is 3.57 Å². The van der Waals surface area contributed by atoms with Gasteiger partial charge in [-0.15, -0.1) is 0 Å². The molecule has 0 radical (unpaired) electrons. The molecular weight excluding hydrogens is 329 g/mol. The van der Waals surface area contributed by atoms with Crippen molar-refractivity contribution in [3.05, 3.63) is 62.6 Å². The number of imidazole rings is 1. The molecule has 0 amide bonds. The van der Waals surface area contributed by atoms with Gasteiger partial charge in [-0.25, -0.2) is 4.98 Å². The highest BCUT2D eigenvalue weighted by atomic mass is 127. The molecule has 2 rings (SSSR count). The van der Waals surface area contributed by atoms with E-state index in [1.165, 1.54) is 0 Å². The van der Waals surface area contributed by atoms with Gasteiger partial charge in [0.1, 0.15) is 0 Å². The van der Waals surface area contributed by atoms with Gasteiger partial charge in [0.25, 0.3) is 0 Å². The molecule has 0 aliphatic rings. The molecular formula is C11H10IN5. The van der Waals surface area contributed by atoms with Crippen molar-refractivity contribution in [2.75, 3.05) is 6.54 Å². The van der Waals surface area contributed by atoms with Crippen LogP contribution < -0.4 is 0 Å². The van der Waals surface area contributed by atoms with Crippen molar-refractivity contribution in [3.8, 4) is 0 Å². The molecule has 1 heterocycles. The molecule has 0 saturated heterocycles. The van der Waals surface area contributed by atoms with E-state index in [1.54, 1.807) is 12.5 Å². The molecule has 86 valence electrons. The normalized spacial score (nSPS) is 11.8. The molecule has 2 aromatic rings. The van der Waals surface area contributed by atoms with E-state index >= 15 is 0 Å². The maximum absolute atomic E-state index is 8.46. The number of hydrogen-bond donors (Lipinski definition) is 0. The highest BCUT2D eigenvalue weighted by Gasteiger charge is 2.14. The van der Waals surface area contributed by atoms with Crippen LogP contribution in [0.15, 0.2) is 48.1 Å². The van der Waals surface area contributed by atoms with Crippen LogP contribution in [0.3, 0.4) is 0 Å². The zero-order valence-corrected chi connectivity index (χ0v) is 11.1. The number of halogens is 1. The molecule has 6 heteroatoms. The molecule has 1 unspecified atom stereocenters. The highest BCUT2D eigenvalue weighted by molar-refractivity contribution is 14.1. The largest absolute Gasteiger partial charge is 0.330 e. The Morgan fingerprint density at radius 2 is 2.29 bits per heavy atom. The average Bonchev–Trinajstić information content (AvgIpc) is 2.85. The standard InChI is InChI=1S/C11H10IN5/c12-10-4-2-1-3-9(10)11(7-15-16-13)17-6-5-14-8-17/h1-6,8,11H,7H2. The molecule has 0 fully saturated rings. The van der Waals surface area contributed by atoms with E-state index in [9.17, 15) is 0 Å². The first kappa shape index (κ1) is 11.9. The minimum absolute atomic E-state index is 0.00139. The van der Waals surface area contributed by atoms with Crippen molar-refractivity contribution < 1.29 is 0 Å². The Kier molecular flexibility index (Phi) is 4.00. The molecule has 1 aromatic heterocycles. The Hall–Kier alpha value is -1.53. The first-order chi connectivity index (χ1) is 8.33. The van der Waals surface area contributed by atoms with Crippen LogP contribution >= 0.6 is 22.6 Å². The SMILES string of the molecule is [N-]=[N+]=NCC(c1ccccc1I)n1ccnc1. The summed E-state index contributed by atoms with van der Waals surface area (Å²) >= 11 is 2.28. The van der Waals surface area contributed by atoms with Crippen LogP contribution in [0.1, 0.15) is 11.6 Å². The second-order valence-electron chi connectivity index (χ2n) is 3.46. The van der Waals surface area contributed by atoms with Crippen molar-refractivity contribution >= 4 is 22.6 Å². The van der Waals surface area contributed by atoms with Crippen LogP contribution in [-0.4, -0.2) is 16.1 Å². The molecule has 0 aliphatic heterocycles. The first-order valence-corrected chi connectivity index (χ1v) is 6.13. The number of nitrogens with zero attached hydrogens (tertiary/aromatic N) is 5. The fourth-order valence-electron chi connectivity index (χ4n) is 1.67. The number of hydrogen-bond acceptors (Lipinski definition) is 2. The molecule has 0 aliphatic carbocycles. The van der Waals surface area contributed by atoms with E-state index in [-0.39, 0.29) is 6.04 Å². The third kappa shape index (κ3) is 2.78. The molecule has 17 heavy (non-hydrogen) atoms. The maximum atomic E-state index is 8.46. The minimum Gasteiger partial charge on any atom is -0.330 e. The number of benzene rings is 1. The van der Waals surface area contributed by atoms with Crippen molar-refractivity contribution in [1.29, 1.82) is 0 Å². The van der Waals surface area contributed by atoms with E-state index in [0.29, 0.717) is 6.54 Å². The summed E-state index contributed by atoms with van der Waals surface area (Å²) < 4.78 is 3.10. The fraction of sp³-hybridized carbons (Fsp3) is 0.182. The Morgan fingerprint density at radius 1 is 1.47 bits per heavy atom. The van der Waals surface area contributed by atoms with Gasteiger partial charge in [-0.05, 0) is 39.8 Å². The average molecular weight is 339 g/mol. The Labute approximate surface area is 112 Å². The third-order valence-corrected chi connectivity index (χ3v) is 3.45. The van der Waals surface area contributed by atoms with Crippen LogP contribution in [0.4, 0.5) is 0 Å². The van der Waals surface area contributed by atoms with Gasteiger partial charge in [0.05, 0.1) is 18.9 Å². The van der Waals surface area contributed by atoms with Crippen LogP contribution in [0.5, 0.6) is 0 Å². The third-order valence-electron chi connectivity index (χ3n) is 2.47. The maximum Gasteiger partial charge on any atom is 0.0951 e. The highest BCUT2D eigenvalue weighted by Crippen LogP contribution is 2.23. The van der Waals surface area contributed by atoms with Crippen LogP contribution in [0.2, 0.25) is 0 Å². The van der Waals surface area contributed by atoms with Gasteiger partial charge in [0.2, 0.25) is 0 Å². The molecule has 5 nitrogen and oxygen atoms in total. The van der Waals surface area contributed by atoms with Crippen LogP contribution in [0.25, 0.3) is 10.4 Å². The van der Waals surface area contributed by atoms with Gasteiger partial charge in [-0.1, -0.05) is 23.3 Å². The molecule has 1 aromatic carbocycles. The topological polar surface area (TPSA) is 66.6 Å². The van der Waals surface area contributed by atoms with Gasteiger partial charge < -0.3 is 4.57 Å². The number of rotatable bonds is 4. The zero-order valence-electron chi connectivity index (χ0n) is 8.94. The van der Waals surface area contributed by atoms with E-state index in [1.807, 2.05) is 35.0 Å². The fourth-order valence-corrected chi connectivity index (χ4v) is 2.41. The van der Waals surface area contributed by atoms with E-state index in [0.717, 1.165) is 9.13 Å². The van der Waals surface area contributed by atoms with Crippen molar-refractivity contribution in [2.45, 2.75) is 6.04 Å². The van der Waals surface area contributed by atoms with E-state index in [4.69, 9.17) is 5.53 Å². The number of aromatic nitrogens is 2. The quantitative estimate of drug-likeness (QED) is 0.364. The lowest BCUT2D eigenvalue weighted by Gasteiger charge is -2.18. The summed E-state index contributed by atoms with van der Waals surface area (Å²) in [6.07, 6.45) is 5.33. The van der Waals surface area contributed by atoms with Gasteiger partial charge >= 0.3 is 0 Å². The predicted molar refractivity (Wildman–Crippen MR) is 73.5 cm³/mol. The monoisotopic (exact) mass is 339 g/mol. The Morgan fingerprint density at radius 3 is 2.94 bits per heavy atom. The second-order valence-corrected chi connectivity index (χ2v) is 4.62. The summed E-state index contributed by atoms with van der Waals surface area (Å²) in [4.78, 5) is 6.86. The van der Waals surface area contributed by atoms with Crippen LogP contribution in [-0.2, 0) is 0 Å². The lowest BCUT2D eigenvalue weighted by Crippen LogP contribution is -2.13. The Bertz CT molecular complexity index is 531. The summed E-state index contributed by atoms with van der Waals surface area (Å²) in [5, 5.41) is 3.67. The lowest BCUT2D eigenvalue weighted by molar-refractivity contribution is 0.590. The summed E-state index contributed by atoms with van der Waals surface area (Å²) in [7, 11) is 0. The van der Waals surface area contributed by atoms with Crippen molar-refractivity contribution in [2.24, 2.45) is 5.11 Å². The number of azide groups is 1. The smallest absolute Gasteiger partial charge is 0.0951 e. The molecule has 0 spiro atoms. The summed E-state index contributed by atoms with van der Waals surface area (Å²) in [5.41, 5.74) is 9.60. The van der Waals surface area contributed by atoms with Gasteiger partial charge in [0.15, 0.2) is 0 Å². The molecule has 1 atom stereocenters. The predicted octanol–water partition coefficient (Wildman–Crippen LogP) is 3.39. The Balaban J connectivity index is 2.40. The van der Waals surface area contributed by atoms with Crippen molar-refractivity contribution in [1.82, 2.24) is 9.55 Å². The van der Waals surface area contributed by atoms with Gasteiger partial charge in [-0.3, -0.25) is 0 Å². The lowest BCUT2D eigenvalue weighted by atomic mass is 10.1. The van der Waals surface area contributed by atoms with E-state index < -0.39 is 0 Å². The first-order valence-electron chi connectivity index (χ1n) is 5.05. The zero-order chi connectivity index (χ0) is 12.1. The molecule has 0 bridgehead atoms. The van der Waals surface area contributed by atoms with Gasteiger partial charge in [-0.2, -0.15) is 0 Å². The molecule has 0 saturated carbocycles. The van der Waals surface area contributed by atoms with Crippen molar-refractivity contribution in [3.63, 3.8) is 0 Å². The van der Waals surface area contributed by atoms with Gasteiger partial charge in [0, 0.05) is 20.9 Å². The van der Waals surface area contributed by atoms with E-state index in [2.05, 4.69) is 37.6 Å². The minimum atomic E-state index is 0.00139. The summed E-state index contributed by atoms with van der Waals surface area (Å²) in [5.74, 6) is 0. The molecule has 0 N–H and O–H groups in total. The second kappa shape index (κ2) is 5.70.